The van der Waals surface area contributed by atoms with Crippen molar-refractivity contribution in [1.82, 2.24) is 4.57 Å². The van der Waals surface area contributed by atoms with Crippen molar-refractivity contribution in [3.05, 3.63) is 309 Å². The molecule has 130 heavy (non-hydrogen) atoms. The molecule has 0 spiro atoms. The zero-order valence-corrected chi connectivity index (χ0v) is 84.2. The van der Waals surface area contributed by atoms with Crippen molar-refractivity contribution in [1.29, 1.82) is 0 Å². The van der Waals surface area contributed by atoms with E-state index in [0.29, 0.717) is 22.3 Å². The quantitative estimate of drug-likeness (QED) is 0.133. The predicted octanol–water partition coefficient (Wildman–Crippen LogP) is 34.4. The third kappa shape index (κ3) is 17.3. The van der Waals surface area contributed by atoms with Gasteiger partial charge in [0.05, 0.1) is 53.9 Å². The number of hydrogen-bond acceptors (Lipinski definition) is 2. The summed E-state index contributed by atoms with van der Waals surface area (Å²) >= 11 is 0. The van der Waals surface area contributed by atoms with Crippen molar-refractivity contribution in [3.63, 3.8) is 0 Å². The molecule has 0 amide bonds. The Labute approximate surface area is 816 Å². The lowest BCUT2D eigenvalue weighted by Gasteiger charge is -2.46. The minimum atomic E-state index is -1.29. The maximum Gasteiger partial charge on any atom is 0.252 e. The molecule has 0 aliphatic carbocycles. The highest BCUT2D eigenvalue weighted by Crippen LogP contribution is 2.59. The number of fused-ring (bicyclic) bond motifs is 7. The first-order chi connectivity index (χ1) is 69.7. The average molecular weight is 1740 g/mol. The molecule has 1 aromatic heterocycles. The summed E-state index contributed by atoms with van der Waals surface area (Å²) in [6, 6.07) is 24.1. The fourth-order valence-electron chi connectivity index (χ4n) is 17.9. The number of aromatic nitrogens is 1. The summed E-state index contributed by atoms with van der Waals surface area (Å²) in [7, 11) is 0. The lowest BCUT2D eigenvalue weighted by Crippen LogP contribution is -2.61. The highest BCUT2D eigenvalue weighted by atomic mass is 15.2. The minimum absolute atomic E-state index is 0.00575. The van der Waals surface area contributed by atoms with Crippen LogP contribution < -0.4 is 26.2 Å². The van der Waals surface area contributed by atoms with Crippen molar-refractivity contribution >= 4 is 79.0 Å². The summed E-state index contributed by atoms with van der Waals surface area (Å²) in [6.45, 7) is 69.0. The summed E-state index contributed by atoms with van der Waals surface area (Å²) in [5.74, 6) is 0. The van der Waals surface area contributed by atoms with Crippen LogP contribution in [0.25, 0.3) is 94.3 Å². The van der Waals surface area contributed by atoms with Gasteiger partial charge in [-0.05, 0) is 271 Å². The van der Waals surface area contributed by atoms with E-state index in [2.05, 4.69) is 142 Å². The van der Waals surface area contributed by atoms with Crippen LogP contribution in [0.4, 0.5) is 34.1 Å². The minimum Gasteiger partial charge on any atom is -0.310 e. The zero-order valence-electron chi connectivity index (χ0n) is 107. The lowest BCUT2D eigenvalue weighted by molar-refractivity contribution is 0.568. The molecule has 0 saturated carbocycles. The van der Waals surface area contributed by atoms with Crippen LogP contribution in [0.2, 0.25) is 0 Å². The summed E-state index contributed by atoms with van der Waals surface area (Å²) in [4.78, 5) is 3.76. The molecule has 0 saturated heterocycles. The van der Waals surface area contributed by atoms with E-state index in [1.54, 1.807) is 39.0 Å². The van der Waals surface area contributed by atoms with Crippen molar-refractivity contribution in [2.24, 2.45) is 0 Å². The van der Waals surface area contributed by atoms with E-state index < -0.39 is 163 Å². The molecule has 3 heterocycles. The maximum atomic E-state index is 12.1. The average Bonchev–Trinajstić information content (AvgIpc) is 0.894. The predicted molar refractivity (Wildman–Crippen MR) is 572 cm³/mol. The SMILES string of the molecule is [2H]c1c([2H])c([2H])c(-c2ccc3c(c2)B2c4ccc(-n5c6ccc(C(C)(C)C)cc6c6cc(C(C)(C)C)ccc65)cc4N(c4c(-c5c([2H])c([2H])c(C(C)(C)C)c([2H])c5[2H])c([2H])c(C(C)(C)C)c([2H])c4-c4c(C(C)(C)C)c([2H])c([2H])c([2H])c4C(C)(C)C)c4cc(-c5cc(C(C)(C)C)cc(C(C)(C)C)c5)cc(c42)N3c2c(-c3c([2H])c([2H])c(C(C)(C)C)c([2H])c3[2H])c([2H])c(C(C)(C)C)c([2H])c2-c2c([2H])c(C(C)(C)C)c([2H])c(C(C)(C)C)c2[2H])c([2H])c1[2H]. The third-order valence-corrected chi connectivity index (χ3v) is 25.9. The molecule has 2 aliphatic heterocycles. The second-order valence-corrected chi connectivity index (χ2v) is 49.1. The lowest BCUT2D eigenvalue weighted by atomic mass is 9.33. The van der Waals surface area contributed by atoms with Crippen LogP contribution in [0, 0.1) is 0 Å². The fourth-order valence-corrected chi connectivity index (χ4v) is 17.9. The molecule has 0 bridgehead atoms. The van der Waals surface area contributed by atoms with E-state index in [0.717, 1.165) is 44.1 Å². The van der Waals surface area contributed by atoms with Gasteiger partial charge in [-0.2, -0.15) is 0 Å². The molecule has 3 nitrogen and oxygen atoms in total. The topological polar surface area (TPSA) is 11.4 Å². The number of rotatable bonds is 9. The van der Waals surface area contributed by atoms with E-state index in [1.165, 1.54) is 0 Å². The van der Waals surface area contributed by atoms with Crippen LogP contribution in [0.1, 0.15) is 348 Å². The van der Waals surface area contributed by atoms with Crippen LogP contribution in [0.15, 0.2) is 242 Å². The molecule has 14 aromatic rings. The Morgan fingerprint density at radius 1 is 0.231 bits per heavy atom. The first-order valence-corrected chi connectivity index (χ1v) is 46.5. The van der Waals surface area contributed by atoms with E-state index in [1.807, 2.05) is 186 Å². The van der Waals surface area contributed by atoms with E-state index in [9.17, 15) is 30.2 Å². The van der Waals surface area contributed by atoms with Crippen LogP contribution >= 0.6 is 0 Å². The summed E-state index contributed by atoms with van der Waals surface area (Å²) in [5, 5.41) is 1.84. The Morgan fingerprint density at radius 2 is 0.615 bits per heavy atom. The Morgan fingerprint density at radius 3 is 1.03 bits per heavy atom. The second-order valence-electron chi connectivity index (χ2n) is 49.1. The van der Waals surface area contributed by atoms with Gasteiger partial charge in [0.1, 0.15) is 0 Å². The summed E-state index contributed by atoms with van der Waals surface area (Å²) < 4.78 is 250. The van der Waals surface area contributed by atoms with Crippen molar-refractivity contribution in [2.45, 2.75) is 314 Å². The molecule has 2 aliphatic rings. The molecule has 0 fully saturated rings. The van der Waals surface area contributed by atoms with Gasteiger partial charge in [-0.3, -0.25) is 0 Å². The van der Waals surface area contributed by atoms with E-state index >= 15 is 0 Å². The van der Waals surface area contributed by atoms with Crippen molar-refractivity contribution in [3.8, 4) is 72.4 Å². The van der Waals surface area contributed by atoms with Gasteiger partial charge in [0.25, 0.3) is 6.71 Å². The monoisotopic (exact) mass is 1740 g/mol. The highest BCUT2D eigenvalue weighted by molar-refractivity contribution is 7.00. The fraction of sp³-hybridized carbons (Fsp3) is 0.381. The molecule has 0 atom stereocenters. The van der Waals surface area contributed by atoms with Crippen molar-refractivity contribution in [2.75, 3.05) is 9.80 Å². The van der Waals surface area contributed by atoms with Gasteiger partial charge in [0.2, 0.25) is 0 Å². The molecule has 0 unspecified atom stereocenters. The van der Waals surface area contributed by atoms with Gasteiger partial charge in [-0.15, -0.1) is 0 Å². The first-order valence-electron chi connectivity index (χ1n) is 58.0. The number of nitrogens with zero attached hydrogens (tertiary/aromatic N) is 3. The highest BCUT2D eigenvalue weighted by Gasteiger charge is 2.48. The van der Waals surface area contributed by atoms with E-state index in [-0.39, 0.29) is 193 Å². The largest absolute Gasteiger partial charge is 0.310 e. The Bertz CT molecular complexity index is 8020. The first kappa shape index (κ1) is 67.5. The van der Waals surface area contributed by atoms with Gasteiger partial charge >= 0.3 is 0 Å². The molecule has 0 radical (unpaired) electrons. The Hall–Kier alpha value is -10.7. The molecular weight excluding hydrogens is 1570 g/mol. The van der Waals surface area contributed by atoms with Crippen LogP contribution in [-0.2, 0) is 65.0 Å². The standard InChI is InChI=1S/C126H148BN3/c1-115(2,3)84-50-45-78(46-51-84)95-72-92(123(25,26)27)74-97(83-63-90(121(19,20)21)69-91(64-83)122(22,23)24)113(95)129-107-58-49-80(77-41-38-37-39-42-77)65-104(107)127-103-57-56-94(128-105-59-54-86(117(7,8)9)70-98(105)99-71-87(118(10,11)12)55-60-106(99)128)76-108(103)130(110-67-82(66-109(129)112(110)127)81-61-88(119(13,14)15)68-89(62-81)120(16,17)18)114-96(79-47-52-85(53-48-79)116(4,5)6)73-93(124(28,29)30)75-100(114)111-101(125(31,32)33)43-40-44-102(111)126(34,35)36/h37-76H,1-36H3/i37D,38D,39D,40D,41D,42D,43D,44D,45D,46D,47D,48D,50D,51D,52D,53D,63D,64D,69D,72D,73D,74D,75D. The van der Waals surface area contributed by atoms with Crippen molar-refractivity contribution < 1.29 is 31.5 Å². The Balaban J connectivity index is 1.33. The molecular formula is C126H148BN3. The summed E-state index contributed by atoms with van der Waals surface area (Å²) in [5.41, 5.74) is -3.53. The molecule has 16 rings (SSSR count). The summed E-state index contributed by atoms with van der Waals surface area (Å²) in [6.07, 6.45) is 0. The smallest absolute Gasteiger partial charge is 0.252 e. The Kier molecular flexibility index (Phi) is 16.4. The van der Waals surface area contributed by atoms with Gasteiger partial charge in [0, 0.05) is 61.5 Å². The van der Waals surface area contributed by atoms with Gasteiger partial charge in [-0.25, -0.2) is 0 Å². The van der Waals surface area contributed by atoms with Crippen LogP contribution in [-0.4, -0.2) is 11.3 Å². The molecule has 4 heteroatoms. The number of hydrogen-bond donors (Lipinski definition) is 0. The number of anilines is 6. The number of benzene rings is 13. The normalized spacial score (nSPS) is 16.4. The molecule has 13 aromatic carbocycles. The molecule has 0 N–H and O–H groups in total. The van der Waals surface area contributed by atoms with E-state index in [4.69, 9.17) is 1.37 Å². The van der Waals surface area contributed by atoms with Crippen LogP contribution in [0.3, 0.4) is 0 Å². The second kappa shape index (κ2) is 31.5. The maximum absolute atomic E-state index is 12.1. The van der Waals surface area contributed by atoms with Gasteiger partial charge in [-0.1, -0.05) is 413 Å². The third-order valence-electron chi connectivity index (χ3n) is 25.9. The zero-order chi connectivity index (χ0) is 115. The molecule has 670 valence electrons. The van der Waals surface area contributed by atoms with Crippen LogP contribution in [0.5, 0.6) is 0 Å². The van der Waals surface area contributed by atoms with Gasteiger partial charge in [0.15, 0.2) is 0 Å². The van der Waals surface area contributed by atoms with Gasteiger partial charge < -0.3 is 14.4 Å².